The van der Waals surface area contributed by atoms with Crippen LogP contribution in [0.15, 0.2) is 30.3 Å². The van der Waals surface area contributed by atoms with Crippen LogP contribution in [0.25, 0.3) is 0 Å². The molecule has 3 nitrogen and oxygen atoms in total. The third kappa shape index (κ3) is 2.38. The maximum absolute atomic E-state index is 4.72. The second kappa shape index (κ2) is 5.10. The number of nitrogens with zero attached hydrogens (tertiary/aromatic N) is 2. The van der Waals surface area contributed by atoms with Crippen molar-refractivity contribution < 1.29 is 0 Å². The Bertz CT molecular complexity index is 592. The van der Waals surface area contributed by atoms with E-state index in [-0.39, 0.29) is 0 Å². The van der Waals surface area contributed by atoms with E-state index in [4.69, 9.17) is 4.98 Å². The van der Waals surface area contributed by atoms with Gasteiger partial charge in [-0.05, 0) is 37.1 Å². The molecule has 0 spiro atoms. The number of rotatable bonds is 4. The highest BCUT2D eigenvalue weighted by molar-refractivity contribution is 5.44. The highest BCUT2D eigenvalue weighted by atomic mass is 14.9. The van der Waals surface area contributed by atoms with Gasteiger partial charge in [0.1, 0.15) is 5.82 Å². The van der Waals surface area contributed by atoms with Crippen molar-refractivity contribution in [2.45, 2.75) is 32.7 Å². The molecule has 2 aromatic rings. The van der Waals surface area contributed by atoms with Gasteiger partial charge in [0.2, 0.25) is 0 Å². The first kappa shape index (κ1) is 12.3. The van der Waals surface area contributed by atoms with Crippen LogP contribution in [0.2, 0.25) is 0 Å². The summed E-state index contributed by atoms with van der Waals surface area (Å²) in [6.45, 7) is 5.94. The van der Waals surface area contributed by atoms with Gasteiger partial charge in [-0.3, -0.25) is 0 Å². The van der Waals surface area contributed by atoms with Crippen LogP contribution in [0.3, 0.4) is 0 Å². The zero-order valence-corrected chi connectivity index (χ0v) is 11.5. The fourth-order valence-corrected chi connectivity index (χ4v) is 2.65. The van der Waals surface area contributed by atoms with Gasteiger partial charge in [0.05, 0.1) is 5.69 Å². The van der Waals surface area contributed by atoms with Crippen LogP contribution in [-0.2, 0) is 13.0 Å². The van der Waals surface area contributed by atoms with Crippen molar-refractivity contribution in [3.05, 3.63) is 58.7 Å². The van der Waals surface area contributed by atoms with E-state index < -0.39 is 0 Å². The van der Waals surface area contributed by atoms with E-state index in [0.29, 0.717) is 5.92 Å². The van der Waals surface area contributed by atoms with Gasteiger partial charge < -0.3 is 5.32 Å². The molecule has 0 saturated carbocycles. The molecule has 98 valence electrons. The van der Waals surface area contributed by atoms with Gasteiger partial charge in [0.15, 0.2) is 0 Å². The molecule has 0 aliphatic heterocycles. The molecule has 0 saturated heterocycles. The van der Waals surface area contributed by atoms with Crippen LogP contribution in [-0.4, -0.2) is 16.5 Å². The summed E-state index contributed by atoms with van der Waals surface area (Å²) in [5, 5.41) is 3.32. The summed E-state index contributed by atoms with van der Waals surface area (Å²) in [5.74, 6) is 1.36. The number of hydrogen-bond donors (Lipinski definition) is 1. The smallest absolute Gasteiger partial charge is 0.136 e. The van der Waals surface area contributed by atoms with Crippen molar-refractivity contribution in [2.75, 3.05) is 6.54 Å². The molecular formula is C16H19N3. The quantitative estimate of drug-likeness (QED) is 0.910. The van der Waals surface area contributed by atoms with Gasteiger partial charge >= 0.3 is 0 Å². The summed E-state index contributed by atoms with van der Waals surface area (Å²) in [7, 11) is 0. The maximum atomic E-state index is 4.72. The minimum Gasteiger partial charge on any atom is -0.311 e. The predicted octanol–water partition coefficient (Wildman–Crippen LogP) is 2.58. The summed E-state index contributed by atoms with van der Waals surface area (Å²) in [6, 6.07) is 10.7. The Balaban J connectivity index is 1.88. The first-order valence-corrected chi connectivity index (χ1v) is 6.91. The Hall–Kier alpha value is -1.74. The van der Waals surface area contributed by atoms with Gasteiger partial charge in [-0.1, -0.05) is 31.2 Å². The molecule has 3 heteroatoms. The number of fused-ring (bicyclic) bond motifs is 1. The lowest BCUT2D eigenvalue weighted by Crippen LogP contribution is -2.22. The summed E-state index contributed by atoms with van der Waals surface area (Å²) in [6.07, 6.45) is 1.07. The lowest BCUT2D eigenvalue weighted by Gasteiger charge is -2.29. The summed E-state index contributed by atoms with van der Waals surface area (Å²) in [4.78, 5) is 9.34. The summed E-state index contributed by atoms with van der Waals surface area (Å²) in [5.41, 5.74) is 4.98. The van der Waals surface area contributed by atoms with E-state index in [1.54, 1.807) is 0 Å². The van der Waals surface area contributed by atoms with Crippen molar-refractivity contribution in [2.24, 2.45) is 0 Å². The fourth-order valence-electron chi connectivity index (χ4n) is 2.65. The first-order chi connectivity index (χ1) is 9.28. The van der Waals surface area contributed by atoms with Crippen molar-refractivity contribution >= 4 is 0 Å². The van der Waals surface area contributed by atoms with Crippen LogP contribution < -0.4 is 5.32 Å². The second-order valence-corrected chi connectivity index (χ2v) is 5.09. The minimum absolute atomic E-state index is 0.386. The molecule has 0 fully saturated rings. The summed E-state index contributed by atoms with van der Waals surface area (Å²) >= 11 is 0. The molecule has 1 aliphatic rings. The maximum Gasteiger partial charge on any atom is 0.136 e. The van der Waals surface area contributed by atoms with Crippen molar-refractivity contribution in [1.82, 2.24) is 15.3 Å². The van der Waals surface area contributed by atoms with E-state index in [1.807, 2.05) is 6.92 Å². The fraction of sp³-hybridized carbons (Fsp3) is 0.375. The highest BCUT2D eigenvalue weighted by Crippen LogP contribution is 2.38. The Morgan fingerprint density at radius 2 is 2.11 bits per heavy atom. The molecule has 1 aliphatic carbocycles. The second-order valence-electron chi connectivity index (χ2n) is 5.09. The number of aryl methyl sites for hydroxylation is 1. The molecular weight excluding hydrogens is 234 g/mol. The van der Waals surface area contributed by atoms with Gasteiger partial charge in [-0.2, -0.15) is 0 Å². The molecule has 1 aromatic carbocycles. The molecule has 1 N–H and O–H groups in total. The van der Waals surface area contributed by atoms with Gasteiger partial charge in [0, 0.05) is 18.2 Å². The molecule has 1 aromatic heterocycles. The van der Waals surface area contributed by atoms with E-state index in [1.165, 1.54) is 11.1 Å². The standard InChI is InChI=1S/C16H19N3/c1-3-17-10-13-8-11(2)18-16(19-13)15-9-12-6-4-5-7-14(12)15/h4-8,15,17H,3,9-10H2,1-2H3. The van der Waals surface area contributed by atoms with Crippen LogP contribution >= 0.6 is 0 Å². The average Bonchev–Trinajstić information content (AvgIpc) is 2.37. The molecule has 0 radical (unpaired) electrons. The monoisotopic (exact) mass is 253 g/mol. The first-order valence-electron chi connectivity index (χ1n) is 6.91. The number of nitrogens with one attached hydrogen (secondary N) is 1. The molecule has 0 bridgehead atoms. The molecule has 1 heterocycles. The third-order valence-electron chi connectivity index (χ3n) is 3.65. The summed E-state index contributed by atoms with van der Waals surface area (Å²) < 4.78 is 0. The normalized spacial score (nSPS) is 16.8. The highest BCUT2D eigenvalue weighted by Gasteiger charge is 2.29. The number of benzene rings is 1. The molecule has 0 amide bonds. The Kier molecular flexibility index (Phi) is 3.30. The lowest BCUT2D eigenvalue weighted by atomic mass is 9.77. The van der Waals surface area contributed by atoms with Crippen LogP contribution in [0.1, 0.15) is 41.2 Å². The molecule has 19 heavy (non-hydrogen) atoms. The van der Waals surface area contributed by atoms with E-state index in [2.05, 4.69) is 47.6 Å². The van der Waals surface area contributed by atoms with Crippen LogP contribution in [0, 0.1) is 6.92 Å². The topological polar surface area (TPSA) is 37.8 Å². The number of aromatic nitrogens is 2. The van der Waals surface area contributed by atoms with Gasteiger partial charge in [0.25, 0.3) is 0 Å². The zero-order chi connectivity index (χ0) is 13.2. The number of hydrogen-bond acceptors (Lipinski definition) is 3. The van der Waals surface area contributed by atoms with E-state index >= 15 is 0 Å². The van der Waals surface area contributed by atoms with Crippen molar-refractivity contribution in [3.8, 4) is 0 Å². The average molecular weight is 253 g/mol. The molecule has 1 atom stereocenters. The van der Waals surface area contributed by atoms with Crippen molar-refractivity contribution in [1.29, 1.82) is 0 Å². The zero-order valence-electron chi connectivity index (χ0n) is 11.5. The van der Waals surface area contributed by atoms with Gasteiger partial charge in [-0.15, -0.1) is 0 Å². The van der Waals surface area contributed by atoms with Gasteiger partial charge in [-0.25, -0.2) is 9.97 Å². The van der Waals surface area contributed by atoms with E-state index in [9.17, 15) is 0 Å². The Morgan fingerprint density at radius 1 is 1.26 bits per heavy atom. The van der Waals surface area contributed by atoms with Crippen molar-refractivity contribution in [3.63, 3.8) is 0 Å². The Labute approximate surface area is 114 Å². The largest absolute Gasteiger partial charge is 0.311 e. The van der Waals surface area contributed by atoms with Crippen LogP contribution in [0.4, 0.5) is 0 Å². The third-order valence-corrected chi connectivity index (χ3v) is 3.65. The van der Waals surface area contributed by atoms with E-state index in [0.717, 1.165) is 36.7 Å². The van der Waals surface area contributed by atoms with Crippen LogP contribution in [0.5, 0.6) is 0 Å². The molecule has 1 unspecified atom stereocenters. The predicted molar refractivity (Wildman–Crippen MR) is 76.1 cm³/mol. The Morgan fingerprint density at radius 3 is 2.89 bits per heavy atom. The SMILES string of the molecule is CCNCc1cc(C)nc(C2Cc3ccccc32)n1. The minimum atomic E-state index is 0.386. The lowest BCUT2D eigenvalue weighted by molar-refractivity contribution is 0.636. The molecule has 3 rings (SSSR count).